The number of hydrogen-bond acceptors (Lipinski definition) is 5. The van der Waals surface area contributed by atoms with Gasteiger partial charge in [0.15, 0.2) is 0 Å². The molecule has 0 spiro atoms. The molecule has 1 heterocycles. The van der Waals surface area contributed by atoms with Crippen molar-refractivity contribution in [2.75, 3.05) is 0 Å². The molecule has 1 aromatic carbocycles. The topological polar surface area (TPSA) is 99.5 Å². The summed E-state index contributed by atoms with van der Waals surface area (Å²) in [4.78, 5) is 26.9. The molecular formula is C15H13F3N2O4S. The molecule has 1 aromatic heterocycles. The van der Waals surface area contributed by atoms with Crippen molar-refractivity contribution < 1.29 is 33.0 Å². The van der Waals surface area contributed by atoms with Crippen LogP contribution in [0.3, 0.4) is 0 Å². The standard InChI is InChI=1S/C15H13F3N2O4S/c16-15(17,18)14(24,7-10(21)20-13(5-6-13)12(22)23)11-19-8-3-1-2-4-9(8)25-11/h1-4,24H,5-7H2,(H,20,21)(H,22,23). The number of carboxylic acid groups (broad SMARTS) is 1. The molecule has 3 N–H and O–H groups in total. The first-order valence-electron chi connectivity index (χ1n) is 7.27. The van der Waals surface area contributed by atoms with Gasteiger partial charge >= 0.3 is 12.1 Å². The van der Waals surface area contributed by atoms with E-state index in [9.17, 15) is 27.9 Å². The summed E-state index contributed by atoms with van der Waals surface area (Å²) in [6.07, 6.45) is -6.23. The third-order valence-electron chi connectivity index (χ3n) is 4.07. The summed E-state index contributed by atoms with van der Waals surface area (Å²) in [5, 5.41) is 20.7. The Bertz CT molecular complexity index is 814. The van der Waals surface area contributed by atoms with Crippen LogP contribution in [0.1, 0.15) is 24.3 Å². The lowest BCUT2D eigenvalue weighted by Gasteiger charge is -2.28. The highest BCUT2D eigenvalue weighted by Crippen LogP contribution is 2.45. The summed E-state index contributed by atoms with van der Waals surface area (Å²) in [5.74, 6) is -2.50. The summed E-state index contributed by atoms with van der Waals surface area (Å²) in [5.41, 5.74) is -4.75. The Morgan fingerprint density at radius 3 is 2.44 bits per heavy atom. The predicted octanol–water partition coefficient (Wildman–Crippen LogP) is 2.17. The van der Waals surface area contributed by atoms with Crippen molar-refractivity contribution in [3.05, 3.63) is 29.3 Å². The van der Waals surface area contributed by atoms with Crippen LogP contribution in [-0.2, 0) is 15.2 Å². The zero-order chi connectivity index (χ0) is 18.5. The molecule has 1 saturated carbocycles. The molecule has 2 aromatic rings. The van der Waals surface area contributed by atoms with Gasteiger partial charge in [0.2, 0.25) is 11.5 Å². The fraction of sp³-hybridized carbons (Fsp3) is 0.400. The Labute approximate surface area is 143 Å². The number of rotatable bonds is 5. The van der Waals surface area contributed by atoms with Crippen molar-refractivity contribution in [2.45, 2.75) is 36.6 Å². The molecule has 134 valence electrons. The van der Waals surface area contributed by atoms with Crippen molar-refractivity contribution in [1.29, 1.82) is 0 Å². The summed E-state index contributed by atoms with van der Waals surface area (Å²) in [6.45, 7) is 0. The van der Waals surface area contributed by atoms with E-state index in [0.29, 0.717) is 16.0 Å². The fourth-order valence-electron chi connectivity index (χ4n) is 2.41. The first-order valence-corrected chi connectivity index (χ1v) is 8.09. The smallest absolute Gasteiger partial charge is 0.424 e. The van der Waals surface area contributed by atoms with Crippen molar-refractivity contribution in [3.63, 3.8) is 0 Å². The SMILES string of the molecule is O=C(CC(O)(c1nc2ccccc2s1)C(F)(F)F)NC1(C(=O)O)CC1. The number of para-hydroxylation sites is 1. The molecule has 1 unspecified atom stereocenters. The molecule has 1 aliphatic carbocycles. The van der Waals surface area contributed by atoms with Gasteiger partial charge in [-0.05, 0) is 25.0 Å². The zero-order valence-electron chi connectivity index (χ0n) is 12.6. The van der Waals surface area contributed by atoms with E-state index in [4.69, 9.17) is 5.11 Å². The minimum Gasteiger partial charge on any atom is -0.480 e. The van der Waals surface area contributed by atoms with Gasteiger partial charge in [0.25, 0.3) is 0 Å². The minimum atomic E-state index is -5.15. The highest BCUT2D eigenvalue weighted by Gasteiger charge is 2.59. The number of halogens is 3. The first-order chi connectivity index (χ1) is 11.6. The second kappa shape index (κ2) is 5.67. The number of hydrogen-bond donors (Lipinski definition) is 3. The molecule has 1 amide bonds. The van der Waals surface area contributed by atoms with E-state index in [0.717, 1.165) is 0 Å². The molecule has 25 heavy (non-hydrogen) atoms. The number of thiazole rings is 1. The molecule has 10 heteroatoms. The van der Waals surface area contributed by atoms with E-state index in [-0.39, 0.29) is 18.4 Å². The average molecular weight is 374 g/mol. The van der Waals surface area contributed by atoms with Gasteiger partial charge in [0.05, 0.1) is 16.6 Å². The monoisotopic (exact) mass is 374 g/mol. The summed E-state index contributed by atoms with van der Waals surface area (Å²) in [7, 11) is 0. The maximum atomic E-state index is 13.5. The fourth-order valence-corrected chi connectivity index (χ4v) is 3.48. The molecule has 0 aliphatic heterocycles. The number of carbonyl (C=O) groups excluding carboxylic acids is 1. The van der Waals surface area contributed by atoms with Crippen LogP contribution >= 0.6 is 11.3 Å². The number of aliphatic carboxylic acids is 1. The number of amides is 1. The predicted molar refractivity (Wildman–Crippen MR) is 81.9 cm³/mol. The van der Waals surface area contributed by atoms with Gasteiger partial charge in [-0.15, -0.1) is 11.3 Å². The second-order valence-corrected chi connectivity index (χ2v) is 6.99. The third-order valence-corrected chi connectivity index (χ3v) is 5.26. The quantitative estimate of drug-likeness (QED) is 0.745. The number of carbonyl (C=O) groups is 2. The number of benzene rings is 1. The molecule has 1 fully saturated rings. The minimum absolute atomic E-state index is 0.139. The largest absolute Gasteiger partial charge is 0.480 e. The van der Waals surface area contributed by atoms with E-state index in [1.54, 1.807) is 18.2 Å². The average Bonchev–Trinajstić information content (AvgIpc) is 3.15. The molecule has 1 aliphatic rings. The number of carboxylic acids is 1. The van der Waals surface area contributed by atoms with Gasteiger partial charge in [0.1, 0.15) is 10.5 Å². The molecule has 3 rings (SSSR count). The van der Waals surface area contributed by atoms with E-state index in [1.807, 2.05) is 0 Å². The van der Waals surface area contributed by atoms with Gasteiger partial charge in [-0.3, -0.25) is 4.79 Å². The number of aromatic nitrogens is 1. The van der Waals surface area contributed by atoms with Crippen molar-refractivity contribution in [3.8, 4) is 0 Å². The summed E-state index contributed by atoms with van der Waals surface area (Å²) in [6, 6.07) is 6.26. The Morgan fingerprint density at radius 1 is 1.28 bits per heavy atom. The van der Waals surface area contributed by atoms with Crippen LogP contribution in [0.4, 0.5) is 13.2 Å². The summed E-state index contributed by atoms with van der Waals surface area (Å²) < 4.78 is 41.0. The van der Waals surface area contributed by atoms with Gasteiger partial charge in [-0.2, -0.15) is 13.2 Å². The van der Waals surface area contributed by atoms with Crippen LogP contribution in [0.25, 0.3) is 10.2 Å². The molecule has 0 radical (unpaired) electrons. The molecule has 6 nitrogen and oxygen atoms in total. The van der Waals surface area contributed by atoms with E-state index in [1.165, 1.54) is 6.07 Å². The van der Waals surface area contributed by atoms with E-state index in [2.05, 4.69) is 10.3 Å². The van der Waals surface area contributed by atoms with Crippen molar-refractivity contribution >= 4 is 33.4 Å². The number of nitrogens with zero attached hydrogens (tertiary/aromatic N) is 1. The first kappa shape index (κ1) is 17.6. The van der Waals surface area contributed by atoms with Gasteiger partial charge in [-0.25, -0.2) is 9.78 Å². The van der Waals surface area contributed by atoms with Crippen LogP contribution in [0.2, 0.25) is 0 Å². The van der Waals surface area contributed by atoms with Gasteiger partial charge in [-0.1, -0.05) is 12.1 Å². The number of aliphatic hydroxyl groups is 1. The number of alkyl halides is 3. The molecule has 1 atom stereocenters. The zero-order valence-corrected chi connectivity index (χ0v) is 13.4. The highest BCUT2D eigenvalue weighted by molar-refractivity contribution is 7.18. The van der Waals surface area contributed by atoms with Crippen LogP contribution in [0, 0.1) is 0 Å². The Morgan fingerprint density at radius 2 is 1.92 bits per heavy atom. The van der Waals surface area contributed by atoms with Gasteiger partial charge in [0, 0.05) is 0 Å². The third kappa shape index (κ3) is 3.07. The maximum absolute atomic E-state index is 13.5. The lowest BCUT2D eigenvalue weighted by molar-refractivity contribution is -0.267. The Balaban J connectivity index is 1.91. The Hall–Kier alpha value is -2.20. The van der Waals surface area contributed by atoms with Crippen LogP contribution in [0.5, 0.6) is 0 Å². The van der Waals surface area contributed by atoms with Crippen molar-refractivity contribution in [1.82, 2.24) is 10.3 Å². The second-order valence-electron chi connectivity index (χ2n) is 5.96. The van der Waals surface area contributed by atoms with E-state index >= 15 is 0 Å². The maximum Gasteiger partial charge on any atom is 0.424 e. The molecule has 0 saturated heterocycles. The van der Waals surface area contributed by atoms with Gasteiger partial charge < -0.3 is 15.5 Å². The normalized spacial score (nSPS) is 18.6. The van der Waals surface area contributed by atoms with Crippen LogP contribution in [0.15, 0.2) is 24.3 Å². The molecular weight excluding hydrogens is 361 g/mol. The number of fused-ring (bicyclic) bond motifs is 1. The van der Waals surface area contributed by atoms with Crippen LogP contribution < -0.4 is 5.32 Å². The highest BCUT2D eigenvalue weighted by atomic mass is 32.1. The lowest BCUT2D eigenvalue weighted by atomic mass is 9.99. The van der Waals surface area contributed by atoms with Crippen LogP contribution in [-0.4, -0.2) is 38.8 Å². The number of nitrogens with one attached hydrogen (secondary N) is 1. The molecule has 0 bridgehead atoms. The van der Waals surface area contributed by atoms with Crippen molar-refractivity contribution in [2.24, 2.45) is 0 Å². The summed E-state index contributed by atoms with van der Waals surface area (Å²) >= 11 is 0.636. The Kier molecular flexibility index (Phi) is 3.99. The lowest BCUT2D eigenvalue weighted by Crippen LogP contribution is -2.50. The van der Waals surface area contributed by atoms with E-state index < -0.39 is 40.6 Å².